The molecule has 1 heterocycles. The molecule has 0 radical (unpaired) electrons. The predicted molar refractivity (Wildman–Crippen MR) is 85.0 cm³/mol. The molecule has 0 aliphatic carbocycles. The molecular weight excluding hydrogens is 296 g/mol. The van der Waals surface area contributed by atoms with E-state index < -0.39 is 0 Å². The van der Waals surface area contributed by atoms with Crippen molar-refractivity contribution in [3.05, 3.63) is 24.3 Å². The first-order valence-electron chi connectivity index (χ1n) is 6.55. The van der Waals surface area contributed by atoms with Crippen molar-refractivity contribution in [3.8, 4) is 5.75 Å². The lowest BCUT2D eigenvalue weighted by atomic mass is 10.3. The van der Waals surface area contributed by atoms with E-state index in [1.165, 1.54) is 0 Å². The number of thioether (sulfide) groups is 1. The summed E-state index contributed by atoms with van der Waals surface area (Å²) < 4.78 is 5.11. The van der Waals surface area contributed by atoms with Crippen LogP contribution in [0.2, 0.25) is 0 Å². The summed E-state index contributed by atoms with van der Waals surface area (Å²) >= 11 is 1.58. The van der Waals surface area contributed by atoms with Gasteiger partial charge in [-0.2, -0.15) is 0 Å². The van der Waals surface area contributed by atoms with Crippen molar-refractivity contribution < 1.29 is 9.53 Å². The minimum absolute atomic E-state index is 0. The number of carbonyl (C=O) groups excluding carboxylic acids is 1. The summed E-state index contributed by atoms with van der Waals surface area (Å²) in [5, 5.41) is 3.30. The molecule has 1 aliphatic rings. The molecule has 0 aromatic heterocycles. The number of rotatable bonds is 4. The van der Waals surface area contributed by atoms with Crippen LogP contribution in [0.5, 0.6) is 5.75 Å². The van der Waals surface area contributed by atoms with Crippen LogP contribution in [0.15, 0.2) is 29.2 Å². The summed E-state index contributed by atoms with van der Waals surface area (Å²) in [7, 11) is 1.65. The van der Waals surface area contributed by atoms with E-state index in [0.29, 0.717) is 5.75 Å². The van der Waals surface area contributed by atoms with E-state index in [1.54, 1.807) is 18.9 Å². The van der Waals surface area contributed by atoms with Crippen LogP contribution in [0.4, 0.5) is 0 Å². The second-order valence-electron chi connectivity index (χ2n) is 4.45. The lowest BCUT2D eigenvalue weighted by Gasteiger charge is -2.19. The second-order valence-corrected chi connectivity index (χ2v) is 5.50. The van der Waals surface area contributed by atoms with Crippen LogP contribution in [-0.4, -0.2) is 49.8 Å². The summed E-state index contributed by atoms with van der Waals surface area (Å²) in [6.45, 7) is 3.60. The Morgan fingerprint density at radius 2 is 2.05 bits per heavy atom. The van der Waals surface area contributed by atoms with E-state index in [0.717, 1.165) is 43.2 Å². The van der Waals surface area contributed by atoms with Crippen molar-refractivity contribution in [2.45, 2.75) is 11.3 Å². The SMILES string of the molecule is COc1ccc(SCC(=O)N2CCCNCC2)cc1.Cl. The van der Waals surface area contributed by atoms with Crippen LogP contribution < -0.4 is 10.1 Å². The first-order chi connectivity index (χ1) is 9.29. The van der Waals surface area contributed by atoms with E-state index in [1.807, 2.05) is 29.2 Å². The quantitative estimate of drug-likeness (QED) is 0.863. The molecule has 1 fully saturated rings. The maximum Gasteiger partial charge on any atom is 0.232 e. The summed E-state index contributed by atoms with van der Waals surface area (Å²) in [6.07, 6.45) is 1.04. The fourth-order valence-electron chi connectivity index (χ4n) is 2.00. The number of benzene rings is 1. The highest BCUT2D eigenvalue weighted by molar-refractivity contribution is 8.00. The van der Waals surface area contributed by atoms with Gasteiger partial charge in [0.25, 0.3) is 0 Å². The Bertz CT molecular complexity index is 406. The Balaban J connectivity index is 0.00000200. The van der Waals surface area contributed by atoms with Crippen molar-refractivity contribution in [1.82, 2.24) is 10.2 Å². The topological polar surface area (TPSA) is 41.6 Å². The van der Waals surface area contributed by atoms with Gasteiger partial charge in [0, 0.05) is 24.5 Å². The van der Waals surface area contributed by atoms with E-state index >= 15 is 0 Å². The number of ether oxygens (including phenoxy) is 1. The van der Waals surface area contributed by atoms with Gasteiger partial charge < -0.3 is 15.0 Å². The maximum atomic E-state index is 12.1. The zero-order valence-corrected chi connectivity index (χ0v) is 13.3. The van der Waals surface area contributed by atoms with Gasteiger partial charge >= 0.3 is 0 Å². The van der Waals surface area contributed by atoms with Crippen LogP contribution in [0.3, 0.4) is 0 Å². The molecule has 1 saturated heterocycles. The predicted octanol–water partition coefficient (Wildman–Crippen LogP) is 2.03. The molecule has 1 amide bonds. The molecule has 2 rings (SSSR count). The Hall–Kier alpha value is -0.910. The first-order valence-corrected chi connectivity index (χ1v) is 7.53. The standard InChI is InChI=1S/C14H20N2O2S.ClH/c1-18-12-3-5-13(6-4-12)19-11-14(17)16-9-2-7-15-8-10-16;/h3-6,15H,2,7-11H2,1H3;1H. The average Bonchev–Trinajstić information content (AvgIpc) is 2.74. The fourth-order valence-corrected chi connectivity index (χ4v) is 2.80. The fraction of sp³-hybridized carbons (Fsp3) is 0.500. The van der Waals surface area contributed by atoms with Gasteiger partial charge in [0.2, 0.25) is 5.91 Å². The molecule has 1 N–H and O–H groups in total. The molecule has 0 bridgehead atoms. The number of nitrogens with zero attached hydrogens (tertiary/aromatic N) is 1. The monoisotopic (exact) mass is 316 g/mol. The number of carbonyl (C=O) groups is 1. The van der Waals surface area contributed by atoms with E-state index in [-0.39, 0.29) is 18.3 Å². The Morgan fingerprint density at radius 1 is 1.30 bits per heavy atom. The third-order valence-electron chi connectivity index (χ3n) is 3.11. The van der Waals surface area contributed by atoms with Crippen molar-refractivity contribution >= 4 is 30.1 Å². The van der Waals surface area contributed by atoms with Crippen molar-refractivity contribution in [2.24, 2.45) is 0 Å². The molecule has 4 nitrogen and oxygen atoms in total. The summed E-state index contributed by atoms with van der Waals surface area (Å²) in [5.74, 6) is 1.57. The zero-order chi connectivity index (χ0) is 13.5. The molecule has 1 aromatic carbocycles. The van der Waals surface area contributed by atoms with Crippen LogP contribution >= 0.6 is 24.2 Å². The minimum atomic E-state index is 0. The molecule has 1 aromatic rings. The third-order valence-corrected chi connectivity index (χ3v) is 4.11. The van der Waals surface area contributed by atoms with Crippen molar-refractivity contribution in [3.63, 3.8) is 0 Å². The Labute approximate surface area is 130 Å². The highest BCUT2D eigenvalue weighted by Gasteiger charge is 2.15. The molecule has 0 atom stereocenters. The number of hydrogen-bond donors (Lipinski definition) is 1. The van der Waals surface area contributed by atoms with Gasteiger partial charge in [0.05, 0.1) is 12.9 Å². The van der Waals surface area contributed by atoms with E-state index in [4.69, 9.17) is 4.74 Å². The highest BCUT2D eigenvalue weighted by atomic mass is 35.5. The van der Waals surface area contributed by atoms with Gasteiger partial charge in [-0.15, -0.1) is 24.2 Å². The summed E-state index contributed by atoms with van der Waals surface area (Å²) in [6, 6.07) is 7.81. The van der Waals surface area contributed by atoms with Gasteiger partial charge in [-0.3, -0.25) is 4.79 Å². The van der Waals surface area contributed by atoms with Crippen LogP contribution in [0.25, 0.3) is 0 Å². The van der Waals surface area contributed by atoms with E-state index in [9.17, 15) is 4.79 Å². The Kier molecular flexibility index (Phi) is 7.80. The molecule has 112 valence electrons. The minimum Gasteiger partial charge on any atom is -0.497 e. The highest BCUT2D eigenvalue weighted by Crippen LogP contribution is 2.21. The number of amides is 1. The van der Waals surface area contributed by atoms with Gasteiger partial charge in [-0.05, 0) is 37.2 Å². The molecule has 6 heteroatoms. The van der Waals surface area contributed by atoms with Crippen LogP contribution in [-0.2, 0) is 4.79 Å². The Morgan fingerprint density at radius 3 is 2.75 bits per heavy atom. The van der Waals surface area contributed by atoms with Gasteiger partial charge in [0.15, 0.2) is 0 Å². The smallest absolute Gasteiger partial charge is 0.232 e. The van der Waals surface area contributed by atoms with Crippen molar-refractivity contribution in [1.29, 1.82) is 0 Å². The number of methoxy groups -OCH3 is 1. The van der Waals surface area contributed by atoms with Crippen LogP contribution in [0, 0.1) is 0 Å². The van der Waals surface area contributed by atoms with Crippen molar-refractivity contribution in [2.75, 3.05) is 39.0 Å². The summed E-state index contributed by atoms with van der Waals surface area (Å²) in [5.41, 5.74) is 0. The largest absolute Gasteiger partial charge is 0.497 e. The molecule has 1 aliphatic heterocycles. The number of nitrogens with one attached hydrogen (secondary N) is 1. The zero-order valence-electron chi connectivity index (χ0n) is 11.6. The average molecular weight is 317 g/mol. The molecule has 20 heavy (non-hydrogen) atoms. The van der Waals surface area contributed by atoms with Gasteiger partial charge in [0.1, 0.15) is 5.75 Å². The lowest BCUT2D eigenvalue weighted by Crippen LogP contribution is -2.35. The number of hydrogen-bond acceptors (Lipinski definition) is 4. The van der Waals surface area contributed by atoms with Gasteiger partial charge in [-0.1, -0.05) is 0 Å². The third kappa shape index (κ3) is 5.23. The molecule has 0 saturated carbocycles. The second kappa shape index (κ2) is 9.10. The lowest BCUT2D eigenvalue weighted by molar-refractivity contribution is -0.128. The molecule has 0 unspecified atom stereocenters. The van der Waals surface area contributed by atoms with Crippen LogP contribution in [0.1, 0.15) is 6.42 Å². The number of halogens is 1. The normalized spacial score (nSPS) is 15.2. The van der Waals surface area contributed by atoms with Gasteiger partial charge in [-0.25, -0.2) is 0 Å². The first kappa shape index (κ1) is 17.1. The van der Waals surface area contributed by atoms with E-state index in [2.05, 4.69) is 5.32 Å². The summed E-state index contributed by atoms with van der Waals surface area (Å²) in [4.78, 5) is 15.2. The molecule has 0 spiro atoms. The molecular formula is C14H21ClN2O2S. The maximum absolute atomic E-state index is 12.1.